The van der Waals surface area contributed by atoms with Gasteiger partial charge in [0.25, 0.3) is 5.56 Å². The molecule has 3 aromatic rings. The highest BCUT2D eigenvalue weighted by molar-refractivity contribution is 7.71. The first-order chi connectivity index (χ1) is 9.56. The number of nitrogens with zero attached hydrogens (tertiary/aromatic N) is 2. The minimum Gasteiger partial charge on any atom is -0.478 e. The van der Waals surface area contributed by atoms with Gasteiger partial charge in [-0.1, -0.05) is 6.07 Å². The summed E-state index contributed by atoms with van der Waals surface area (Å²) in [5.41, 5.74) is 0.733. The molecule has 0 aliphatic carbocycles. The summed E-state index contributed by atoms with van der Waals surface area (Å²) in [7, 11) is 0. The highest BCUT2D eigenvalue weighted by Gasteiger charge is 2.10. The molecular weight excluding hydrogens is 280 g/mol. The quantitative estimate of drug-likeness (QED) is 0.619. The summed E-state index contributed by atoms with van der Waals surface area (Å²) in [5.74, 6) is -1.03. The van der Waals surface area contributed by atoms with Gasteiger partial charge in [-0.05, 0) is 30.4 Å². The Balaban J connectivity index is 2.30. The van der Waals surface area contributed by atoms with Gasteiger partial charge in [0.2, 0.25) is 0 Å². The maximum Gasteiger partial charge on any atom is 0.335 e. The molecule has 0 aliphatic rings. The Morgan fingerprint density at radius 1 is 1.35 bits per heavy atom. The molecule has 0 saturated heterocycles. The van der Waals surface area contributed by atoms with Gasteiger partial charge in [-0.25, -0.2) is 9.48 Å². The Bertz CT molecular complexity index is 938. The predicted molar refractivity (Wildman–Crippen MR) is 73.8 cm³/mol. The summed E-state index contributed by atoms with van der Waals surface area (Å²) in [6.07, 6.45) is 1.40. The molecule has 20 heavy (non-hydrogen) atoms. The number of aromatic nitrogens is 4. The molecule has 2 aromatic heterocycles. The first kappa shape index (κ1) is 12.3. The molecule has 2 heterocycles. The van der Waals surface area contributed by atoms with Crippen molar-refractivity contribution in [3.8, 4) is 5.69 Å². The monoisotopic (exact) mass is 288 g/mol. The minimum atomic E-state index is -1.03. The first-order valence-corrected chi connectivity index (χ1v) is 6.01. The fourth-order valence-corrected chi connectivity index (χ4v) is 2.10. The SMILES string of the molecule is O=C(O)c1cccc(-n2ncc3c(=O)[nH]c(=S)[nH]c32)c1. The van der Waals surface area contributed by atoms with Crippen LogP contribution in [0.5, 0.6) is 0 Å². The average Bonchev–Trinajstić information content (AvgIpc) is 2.82. The summed E-state index contributed by atoms with van der Waals surface area (Å²) in [4.78, 5) is 28.0. The number of benzene rings is 1. The van der Waals surface area contributed by atoms with E-state index in [-0.39, 0.29) is 15.9 Å². The number of hydrogen-bond donors (Lipinski definition) is 3. The van der Waals surface area contributed by atoms with Crippen LogP contribution in [0, 0.1) is 4.77 Å². The van der Waals surface area contributed by atoms with Crippen molar-refractivity contribution in [1.82, 2.24) is 19.7 Å². The van der Waals surface area contributed by atoms with Gasteiger partial charge in [-0.15, -0.1) is 0 Å². The largest absolute Gasteiger partial charge is 0.478 e. The second-order valence-electron chi connectivity index (χ2n) is 4.08. The van der Waals surface area contributed by atoms with Gasteiger partial charge >= 0.3 is 5.97 Å². The van der Waals surface area contributed by atoms with Gasteiger partial charge in [-0.3, -0.25) is 9.78 Å². The van der Waals surface area contributed by atoms with Crippen molar-refractivity contribution in [2.45, 2.75) is 0 Å². The third-order valence-electron chi connectivity index (χ3n) is 2.81. The van der Waals surface area contributed by atoms with E-state index in [1.165, 1.54) is 23.0 Å². The van der Waals surface area contributed by atoms with Crippen LogP contribution in [0.15, 0.2) is 35.3 Å². The first-order valence-electron chi connectivity index (χ1n) is 5.60. The van der Waals surface area contributed by atoms with Crippen molar-refractivity contribution in [2.24, 2.45) is 0 Å². The number of H-pyrrole nitrogens is 2. The Labute approximate surface area is 116 Å². The van der Waals surface area contributed by atoms with E-state index in [0.717, 1.165) is 0 Å². The molecule has 0 fully saturated rings. The number of rotatable bonds is 2. The van der Waals surface area contributed by atoms with Crippen molar-refractivity contribution >= 4 is 29.2 Å². The number of aromatic amines is 2. The number of fused-ring (bicyclic) bond motifs is 1. The zero-order valence-electron chi connectivity index (χ0n) is 9.95. The van der Waals surface area contributed by atoms with Crippen molar-refractivity contribution in [1.29, 1.82) is 0 Å². The molecular formula is C12H8N4O3S. The van der Waals surface area contributed by atoms with Crippen molar-refractivity contribution in [2.75, 3.05) is 0 Å². The lowest BCUT2D eigenvalue weighted by Gasteiger charge is -2.04. The smallest absolute Gasteiger partial charge is 0.335 e. The van der Waals surface area contributed by atoms with Crippen LogP contribution in [-0.2, 0) is 0 Å². The minimum absolute atomic E-state index is 0.134. The van der Waals surface area contributed by atoms with Crippen LogP contribution in [-0.4, -0.2) is 30.8 Å². The zero-order valence-corrected chi connectivity index (χ0v) is 10.8. The second kappa shape index (κ2) is 4.42. The van der Waals surface area contributed by atoms with Gasteiger partial charge in [0.15, 0.2) is 4.77 Å². The van der Waals surface area contributed by atoms with Crippen LogP contribution < -0.4 is 5.56 Å². The Kier molecular flexibility index (Phi) is 2.72. The summed E-state index contributed by atoms with van der Waals surface area (Å²) in [6, 6.07) is 6.24. The van der Waals surface area contributed by atoms with E-state index < -0.39 is 5.97 Å². The summed E-state index contributed by atoms with van der Waals surface area (Å²) < 4.78 is 1.62. The van der Waals surface area contributed by atoms with Gasteiger partial charge in [0.05, 0.1) is 17.4 Å². The standard InChI is InChI=1S/C12H8N4O3S/c17-10-8-5-13-16(9(8)14-12(20)15-10)7-3-1-2-6(4-7)11(18)19/h1-5H,(H,18,19)(H2,14,15,17,20). The Hall–Kier alpha value is -2.74. The number of carbonyl (C=O) groups is 1. The summed E-state index contributed by atoms with van der Waals surface area (Å²) >= 11 is 4.92. The zero-order chi connectivity index (χ0) is 14.3. The van der Waals surface area contributed by atoms with Crippen LogP contribution in [0.1, 0.15) is 10.4 Å². The summed E-state index contributed by atoms with van der Waals surface area (Å²) in [5, 5.41) is 13.4. The molecule has 0 spiro atoms. The molecule has 7 nitrogen and oxygen atoms in total. The van der Waals surface area contributed by atoms with E-state index in [9.17, 15) is 9.59 Å². The molecule has 0 atom stereocenters. The van der Waals surface area contributed by atoms with Crippen LogP contribution in [0.4, 0.5) is 0 Å². The number of carboxylic acids is 1. The molecule has 0 saturated carbocycles. The van der Waals surface area contributed by atoms with Crippen molar-refractivity contribution in [3.63, 3.8) is 0 Å². The maximum absolute atomic E-state index is 11.7. The number of nitrogens with one attached hydrogen (secondary N) is 2. The highest BCUT2D eigenvalue weighted by atomic mass is 32.1. The van der Waals surface area contributed by atoms with Crippen LogP contribution in [0.3, 0.4) is 0 Å². The molecule has 0 aliphatic heterocycles. The van der Waals surface area contributed by atoms with Crippen molar-refractivity contribution in [3.05, 3.63) is 51.2 Å². The number of carboxylic acid groups (broad SMARTS) is 1. The van der Waals surface area contributed by atoms with Crippen LogP contribution >= 0.6 is 12.2 Å². The lowest BCUT2D eigenvalue weighted by atomic mass is 10.2. The normalized spacial score (nSPS) is 10.8. The average molecular weight is 288 g/mol. The molecule has 8 heteroatoms. The van der Waals surface area contributed by atoms with Gasteiger partial charge in [0.1, 0.15) is 11.0 Å². The topological polar surface area (TPSA) is 104 Å². The molecule has 0 amide bonds. The molecule has 3 rings (SSSR count). The van der Waals surface area contributed by atoms with E-state index in [4.69, 9.17) is 17.3 Å². The molecule has 0 unspecified atom stereocenters. The highest BCUT2D eigenvalue weighted by Crippen LogP contribution is 2.15. The molecule has 0 radical (unpaired) electrons. The van der Waals surface area contributed by atoms with Crippen LogP contribution in [0.2, 0.25) is 0 Å². The third kappa shape index (κ3) is 1.91. The van der Waals surface area contributed by atoms with E-state index in [1.807, 2.05) is 0 Å². The molecule has 1 aromatic carbocycles. The molecule has 0 bridgehead atoms. The fraction of sp³-hybridized carbons (Fsp3) is 0. The van der Waals surface area contributed by atoms with Crippen molar-refractivity contribution < 1.29 is 9.90 Å². The Morgan fingerprint density at radius 2 is 2.15 bits per heavy atom. The fourth-order valence-electron chi connectivity index (χ4n) is 1.91. The van der Waals surface area contributed by atoms with Crippen LogP contribution in [0.25, 0.3) is 16.7 Å². The Morgan fingerprint density at radius 3 is 2.90 bits per heavy atom. The number of aromatic carboxylic acids is 1. The van der Waals surface area contributed by atoms with E-state index in [0.29, 0.717) is 16.7 Å². The third-order valence-corrected chi connectivity index (χ3v) is 3.01. The van der Waals surface area contributed by atoms with Gasteiger partial charge in [-0.2, -0.15) is 5.10 Å². The molecule has 3 N–H and O–H groups in total. The van der Waals surface area contributed by atoms with E-state index >= 15 is 0 Å². The lowest BCUT2D eigenvalue weighted by molar-refractivity contribution is 0.0697. The predicted octanol–water partition coefficient (Wildman–Crippen LogP) is 1.47. The lowest BCUT2D eigenvalue weighted by Crippen LogP contribution is -2.08. The van der Waals surface area contributed by atoms with E-state index in [2.05, 4.69) is 15.1 Å². The summed E-state index contributed by atoms with van der Waals surface area (Å²) in [6.45, 7) is 0. The number of hydrogen-bond acceptors (Lipinski definition) is 4. The van der Waals surface area contributed by atoms with Gasteiger partial charge in [0, 0.05) is 0 Å². The second-order valence-corrected chi connectivity index (χ2v) is 4.49. The van der Waals surface area contributed by atoms with Gasteiger partial charge < -0.3 is 10.1 Å². The molecule has 100 valence electrons. The van der Waals surface area contributed by atoms with E-state index in [1.54, 1.807) is 12.1 Å². The maximum atomic E-state index is 11.7.